The lowest BCUT2D eigenvalue weighted by Gasteiger charge is -2.30. The van der Waals surface area contributed by atoms with E-state index in [0.29, 0.717) is 17.5 Å². The zero-order valence-electron chi connectivity index (χ0n) is 23.7. The van der Waals surface area contributed by atoms with Gasteiger partial charge in [-0.15, -0.1) is 0 Å². The van der Waals surface area contributed by atoms with Gasteiger partial charge < -0.3 is 9.84 Å². The summed E-state index contributed by atoms with van der Waals surface area (Å²) in [7, 11) is -1.73. The number of rotatable bonds is 9. The monoisotopic (exact) mass is 581 g/mol. The number of imide groups is 1. The zero-order valence-corrected chi connectivity index (χ0v) is 24.6. The molecule has 0 bridgehead atoms. The third kappa shape index (κ3) is 6.91. The first-order valence-corrected chi connectivity index (χ1v) is 14.7. The molecule has 0 saturated carbocycles. The van der Waals surface area contributed by atoms with Crippen molar-refractivity contribution < 1.29 is 33.2 Å². The topological polar surface area (TPSA) is 133 Å². The van der Waals surface area contributed by atoms with Crippen molar-refractivity contribution in [3.63, 3.8) is 0 Å². The van der Waals surface area contributed by atoms with Gasteiger partial charge in [0.25, 0.3) is 11.8 Å². The number of carbonyl (C=O) groups is 4. The van der Waals surface area contributed by atoms with E-state index < -0.39 is 57.3 Å². The SMILES string of the molecule is CC(C)C[C@H](N[C@H](CCN1C(=O)c2cc3ccccc3cc2C1=O)C(=O)OC(C)(C)C)C(=O)N1C=CS(=O)C(O)=C1. The number of esters is 1. The number of nitrogens with one attached hydrogen (secondary N) is 1. The van der Waals surface area contributed by atoms with Crippen LogP contribution in [-0.2, 0) is 25.1 Å². The molecular weight excluding hydrogens is 546 g/mol. The summed E-state index contributed by atoms with van der Waals surface area (Å²) in [4.78, 5) is 55.5. The number of hydrogen-bond acceptors (Lipinski definition) is 8. The van der Waals surface area contributed by atoms with Crippen LogP contribution in [0.5, 0.6) is 0 Å². The molecule has 2 aromatic rings. The lowest BCUT2D eigenvalue weighted by Crippen LogP contribution is -2.53. The Morgan fingerprint density at radius 1 is 1.02 bits per heavy atom. The predicted molar refractivity (Wildman–Crippen MR) is 155 cm³/mol. The molecule has 0 aromatic heterocycles. The lowest BCUT2D eigenvalue weighted by molar-refractivity contribution is -0.158. The Morgan fingerprint density at radius 2 is 1.61 bits per heavy atom. The second-order valence-corrected chi connectivity index (χ2v) is 12.8. The number of carbonyl (C=O) groups excluding carboxylic acids is 4. The molecule has 41 heavy (non-hydrogen) atoms. The Bertz CT molecular complexity index is 1420. The summed E-state index contributed by atoms with van der Waals surface area (Å²) in [6.45, 7) is 8.92. The maximum absolute atomic E-state index is 13.4. The summed E-state index contributed by atoms with van der Waals surface area (Å²) in [6.07, 6.45) is 2.72. The number of benzene rings is 2. The van der Waals surface area contributed by atoms with Crippen LogP contribution in [0.1, 0.15) is 68.2 Å². The van der Waals surface area contributed by atoms with Crippen LogP contribution in [0.15, 0.2) is 59.3 Å². The van der Waals surface area contributed by atoms with Crippen LogP contribution >= 0.6 is 0 Å². The molecule has 2 aliphatic rings. The Morgan fingerprint density at radius 3 is 2.12 bits per heavy atom. The van der Waals surface area contributed by atoms with Crippen molar-refractivity contribution in [2.45, 2.75) is 65.1 Å². The summed E-state index contributed by atoms with van der Waals surface area (Å²) in [5.74, 6) is -1.95. The van der Waals surface area contributed by atoms with E-state index in [1.54, 1.807) is 32.9 Å². The second-order valence-electron chi connectivity index (χ2n) is 11.5. The van der Waals surface area contributed by atoms with E-state index in [-0.39, 0.29) is 18.9 Å². The van der Waals surface area contributed by atoms with Crippen molar-refractivity contribution in [2.75, 3.05) is 6.54 Å². The first-order chi connectivity index (χ1) is 19.2. The van der Waals surface area contributed by atoms with Gasteiger partial charge in [-0.25, -0.2) is 4.21 Å². The molecule has 0 spiro atoms. The van der Waals surface area contributed by atoms with Crippen LogP contribution in [0.4, 0.5) is 0 Å². The van der Waals surface area contributed by atoms with E-state index >= 15 is 0 Å². The minimum atomic E-state index is -1.73. The summed E-state index contributed by atoms with van der Waals surface area (Å²) in [6, 6.07) is 8.93. The second kappa shape index (κ2) is 12.0. The Kier molecular flexibility index (Phi) is 8.79. The minimum Gasteiger partial charge on any atom is -0.499 e. The normalized spacial score (nSPS) is 18.5. The molecule has 4 rings (SSSR count). The molecule has 1 unspecified atom stereocenters. The molecule has 3 atom stereocenters. The van der Waals surface area contributed by atoms with Gasteiger partial charge in [0, 0.05) is 18.2 Å². The van der Waals surface area contributed by atoms with Crippen LogP contribution in [0, 0.1) is 5.92 Å². The van der Waals surface area contributed by atoms with Crippen molar-refractivity contribution in [2.24, 2.45) is 5.92 Å². The average Bonchev–Trinajstić information content (AvgIpc) is 3.12. The molecule has 0 saturated heterocycles. The number of aliphatic hydroxyl groups is 1. The fraction of sp³-hybridized carbons (Fsp3) is 0.400. The molecule has 2 aliphatic heterocycles. The van der Waals surface area contributed by atoms with Crippen LogP contribution in [0.25, 0.3) is 10.8 Å². The molecule has 0 aliphatic carbocycles. The van der Waals surface area contributed by atoms with Gasteiger partial charge in [0.1, 0.15) is 22.4 Å². The standard InChI is InChI=1S/C30H35N3O7S/c1-18(2)14-24(28(37)32-12-13-41(39)25(34)17-32)31-23(29(38)40-30(3,4)5)10-11-33-26(35)21-15-19-8-6-7-9-20(19)16-22(21)27(33)36/h6-9,12-13,15-18,23-24,31,34H,10-11,14H2,1-5H3/t23-,24+,41?/m1/s1. The highest BCUT2D eigenvalue weighted by Crippen LogP contribution is 2.28. The molecule has 11 heteroatoms. The van der Waals surface area contributed by atoms with Crippen molar-refractivity contribution in [1.29, 1.82) is 0 Å². The largest absolute Gasteiger partial charge is 0.499 e. The van der Waals surface area contributed by atoms with Crippen LogP contribution in [0.3, 0.4) is 0 Å². The van der Waals surface area contributed by atoms with Gasteiger partial charge in [-0.05, 0) is 62.4 Å². The maximum Gasteiger partial charge on any atom is 0.323 e. The summed E-state index contributed by atoms with van der Waals surface area (Å²) in [5, 5.41) is 15.4. The van der Waals surface area contributed by atoms with Crippen LogP contribution in [0.2, 0.25) is 0 Å². The van der Waals surface area contributed by atoms with E-state index in [1.165, 1.54) is 11.6 Å². The van der Waals surface area contributed by atoms with Crippen LogP contribution < -0.4 is 5.32 Å². The highest BCUT2D eigenvalue weighted by atomic mass is 32.2. The molecule has 0 fully saturated rings. The number of hydrogen-bond donors (Lipinski definition) is 2. The Balaban J connectivity index is 1.57. The van der Waals surface area contributed by atoms with Gasteiger partial charge in [-0.2, -0.15) is 0 Å². The van der Waals surface area contributed by atoms with Gasteiger partial charge in [0.15, 0.2) is 0 Å². The molecular formula is C30H35N3O7S. The Hall–Kier alpha value is -3.83. The number of ether oxygens (including phenoxy) is 1. The summed E-state index contributed by atoms with van der Waals surface area (Å²) < 4.78 is 17.4. The molecule has 2 aromatic carbocycles. The number of amides is 3. The highest BCUT2D eigenvalue weighted by molar-refractivity contribution is 7.91. The first-order valence-electron chi connectivity index (χ1n) is 13.4. The van der Waals surface area contributed by atoms with Gasteiger partial charge in [-0.1, -0.05) is 38.1 Å². The number of nitrogens with zero attached hydrogens (tertiary/aromatic N) is 2. The fourth-order valence-corrected chi connectivity index (χ4v) is 5.36. The molecule has 2 heterocycles. The first kappa shape index (κ1) is 30.1. The molecule has 3 amide bonds. The molecule has 2 N–H and O–H groups in total. The number of fused-ring (bicyclic) bond motifs is 2. The lowest BCUT2D eigenvalue weighted by atomic mass is 10.0. The van der Waals surface area contributed by atoms with E-state index in [1.807, 2.05) is 38.1 Å². The third-order valence-corrected chi connectivity index (χ3v) is 7.52. The quantitative estimate of drug-likeness (QED) is 0.336. The van der Waals surface area contributed by atoms with Crippen LogP contribution in [-0.4, -0.2) is 67.0 Å². The molecule has 10 nitrogen and oxygen atoms in total. The third-order valence-electron chi connectivity index (χ3n) is 6.63. The summed E-state index contributed by atoms with van der Waals surface area (Å²) >= 11 is 0. The maximum atomic E-state index is 13.4. The fourth-order valence-electron chi connectivity index (χ4n) is 4.76. The average molecular weight is 582 g/mol. The predicted octanol–water partition coefficient (Wildman–Crippen LogP) is 3.96. The van der Waals surface area contributed by atoms with Crippen molar-refractivity contribution in [3.05, 3.63) is 70.4 Å². The molecule has 0 radical (unpaired) electrons. The summed E-state index contributed by atoms with van der Waals surface area (Å²) in [5.41, 5.74) is -0.202. The van der Waals surface area contributed by atoms with E-state index in [2.05, 4.69) is 5.32 Å². The Labute approximate surface area is 241 Å². The van der Waals surface area contributed by atoms with Gasteiger partial charge in [-0.3, -0.25) is 34.3 Å². The van der Waals surface area contributed by atoms with Crippen molar-refractivity contribution >= 4 is 45.3 Å². The van der Waals surface area contributed by atoms with E-state index in [4.69, 9.17) is 4.74 Å². The molecule has 218 valence electrons. The van der Waals surface area contributed by atoms with Gasteiger partial charge in [0.05, 0.1) is 23.4 Å². The van der Waals surface area contributed by atoms with Crippen molar-refractivity contribution in [1.82, 2.24) is 15.1 Å². The van der Waals surface area contributed by atoms with Crippen molar-refractivity contribution in [3.8, 4) is 0 Å². The highest BCUT2D eigenvalue weighted by Gasteiger charge is 2.38. The smallest absolute Gasteiger partial charge is 0.323 e. The van der Waals surface area contributed by atoms with Gasteiger partial charge in [0.2, 0.25) is 11.0 Å². The van der Waals surface area contributed by atoms with Gasteiger partial charge >= 0.3 is 5.97 Å². The minimum absolute atomic E-state index is 0.00270. The van der Waals surface area contributed by atoms with E-state index in [9.17, 15) is 28.5 Å². The zero-order chi connectivity index (χ0) is 30.1. The number of aliphatic hydroxyl groups excluding tert-OH is 1. The van der Waals surface area contributed by atoms with E-state index in [0.717, 1.165) is 26.8 Å².